The van der Waals surface area contributed by atoms with Gasteiger partial charge in [-0.1, -0.05) is 6.07 Å². The van der Waals surface area contributed by atoms with E-state index < -0.39 is 29.8 Å². The molecule has 118 valence electrons. The zero-order valence-electron chi connectivity index (χ0n) is 11.9. The number of phenolic OH excluding ortho intramolecular Hbond substituents is 1. The highest BCUT2D eigenvalue weighted by Gasteiger charge is 2.34. The number of nitrogens with zero attached hydrogens (tertiary/aromatic N) is 1. The van der Waals surface area contributed by atoms with Crippen LogP contribution in [-0.2, 0) is 9.53 Å². The number of carbonyl (C=O) groups excluding carboxylic acids is 2. The summed E-state index contributed by atoms with van der Waals surface area (Å²) in [6, 6.07) is 3.44. The zero-order valence-corrected chi connectivity index (χ0v) is 11.9. The van der Waals surface area contributed by atoms with Gasteiger partial charge in [-0.3, -0.25) is 9.69 Å². The lowest BCUT2D eigenvalue weighted by Crippen LogP contribution is -2.42. The molecule has 0 saturated carbocycles. The molecule has 1 saturated heterocycles. The Kier molecular flexibility index (Phi) is 4.50. The van der Waals surface area contributed by atoms with Crippen LogP contribution in [0.15, 0.2) is 18.2 Å². The molecule has 1 unspecified atom stereocenters. The number of methoxy groups -OCH3 is 1. The molecule has 22 heavy (non-hydrogen) atoms. The molecule has 1 fully saturated rings. The molecule has 0 aliphatic carbocycles. The third-order valence-electron chi connectivity index (χ3n) is 3.50. The number of hydrogen-bond donors (Lipinski definition) is 3. The lowest BCUT2D eigenvalue weighted by atomic mass is 10.1. The van der Waals surface area contributed by atoms with Crippen molar-refractivity contribution in [2.45, 2.75) is 18.9 Å². The molecule has 1 aliphatic rings. The maximum atomic E-state index is 12.2. The number of esters is 1. The first-order chi connectivity index (χ1) is 10.5. The second-order valence-electron chi connectivity index (χ2n) is 4.82. The number of amides is 2. The lowest BCUT2D eigenvalue weighted by molar-refractivity contribution is -0.119. The molecule has 3 N–H and O–H groups in total. The smallest absolute Gasteiger partial charge is 0.407 e. The maximum Gasteiger partial charge on any atom is 0.407 e. The summed E-state index contributed by atoms with van der Waals surface area (Å²) in [6.07, 6.45) is -0.154. The number of rotatable bonds is 3. The van der Waals surface area contributed by atoms with E-state index in [1.54, 1.807) is 0 Å². The van der Waals surface area contributed by atoms with Crippen LogP contribution in [0.2, 0.25) is 0 Å². The van der Waals surface area contributed by atoms with Crippen LogP contribution in [0.3, 0.4) is 0 Å². The van der Waals surface area contributed by atoms with Crippen molar-refractivity contribution in [3.63, 3.8) is 0 Å². The van der Waals surface area contributed by atoms with Gasteiger partial charge in [0.2, 0.25) is 5.91 Å². The van der Waals surface area contributed by atoms with Gasteiger partial charge in [0.05, 0.1) is 12.8 Å². The van der Waals surface area contributed by atoms with Crippen LogP contribution in [0, 0.1) is 0 Å². The highest BCUT2D eigenvalue weighted by atomic mass is 16.5. The number of likely N-dealkylation sites (tertiary alicyclic amines) is 1. The number of aromatic hydroxyl groups is 1. The summed E-state index contributed by atoms with van der Waals surface area (Å²) in [6.45, 7) is 0.293. The Morgan fingerprint density at radius 1 is 1.36 bits per heavy atom. The van der Waals surface area contributed by atoms with E-state index in [2.05, 4.69) is 10.1 Å². The molecule has 1 aromatic carbocycles. The Hall–Kier alpha value is -2.77. The first-order valence-electron chi connectivity index (χ1n) is 6.66. The van der Waals surface area contributed by atoms with E-state index in [9.17, 15) is 19.5 Å². The third kappa shape index (κ3) is 2.95. The van der Waals surface area contributed by atoms with Gasteiger partial charge in [0.25, 0.3) is 0 Å². The van der Waals surface area contributed by atoms with Crippen molar-refractivity contribution < 1.29 is 29.3 Å². The third-order valence-corrected chi connectivity index (χ3v) is 3.50. The SMILES string of the molecule is COC(=O)c1cccc(NC(=O)C2CCCN2C(=O)O)c1O. The predicted molar refractivity (Wildman–Crippen MR) is 75.8 cm³/mol. The Bertz CT molecular complexity index is 615. The average molecular weight is 308 g/mol. The molecule has 0 bridgehead atoms. The van der Waals surface area contributed by atoms with E-state index in [0.29, 0.717) is 19.4 Å². The minimum absolute atomic E-state index is 0.0325. The predicted octanol–water partition coefficient (Wildman–Crippen LogP) is 1.26. The molecule has 2 rings (SSSR count). The van der Waals surface area contributed by atoms with Gasteiger partial charge in [-0.05, 0) is 25.0 Å². The van der Waals surface area contributed by atoms with Gasteiger partial charge < -0.3 is 20.3 Å². The molecular formula is C14H16N2O6. The number of para-hydroxylation sites is 1. The molecule has 0 aromatic heterocycles. The van der Waals surface area contributed by atoms with Crippen LogP contribution >= 0.6 is 0 Å². The maximum absolute atomic E-state index is 12.2. The fourth-order valence-electron chi connectivity index (χ4n) is 2.40. The van der Waals surface area contributed by atoms with Gasteiger partial charge in [0.1, 0.15) is 11.6 Å². The van der Waals surface area contributed by atoms with E-state index in [0.717, 1.165) is 4.90 Å². The van der Waals surface area contributed by atoms with Gasteiger partial charge in [-0.2, -0.15) is 0 Å². The Morgan fingerprint density at radius 2 is 2.09 bits per heavy atom. The summed E-state index contributed by atoms with van der Waals surface area (Å²) >= 11 is 0. The number of carbonyl (C=O) groups is 3. The molecule has 1 aromatic rings. The molecule has 1 heterocycles. The molecule has 1 aliphatic heterocycles. The van der Waals surface area contributed by atoms with Gasteiger partial charge >= 0.3 is 12.1 Å². The summed E-state index contributed by atoms with van der Waals surface area (Å²) < 4.78 is 4.53. The number of ether oxygens (including phenoxy) is 1. The summed E-state index contributed by atoms with van der Waals surface area (Å²) in [5, 5.41) is 21.5. The molecule has 2 amide bonds. The van der Waals surface area contributed by atoms with E-state index in [-0.39, 0.29) is 11.3 Å². The molecule has 0 radical (unpaired) electrons. The fraction of sp³-hybridized carbons (Fsp3) is 0.357. The van der Waals surface area contributed by atoms with E-state index in [1.807, 2.05) is 0 Å². The topological polar surface area (TPSA) is 116 Å². The van der Waals surface area contributed by atoms with Crippen molar-refractivity contribution in [2.75, 3.05) is 19.0 Å². The Balaban J connectivity index is 2.19. The van der Waals surface area contributed by atoms with Gasteiger partial charge in [0.15, 0.2) is 5.75 Å². The standard InChI is InChI=1S/C14H16N2O6/c1-22-13(19)8-4-2-5-9(11(8)17)15-12(18)10-6-3-7-16(10)14(20)21/h2,4-5,10,17H,3,6-7H2,1H3,(H,15,18)(H,20,21). The minimum atomic E-state index is -1.16. The van der Waals surface area contributed by atoms with Crippen LogP contribution < -0.4 is 5.32 Å². The van der Waals surface area contributed by atoms with Crippen molar-refractivity contribution >= 4 is 23.7 Å². The van der Waals surface area contributed by atoms with Crippen LogP contribution in [0.4, 0.5) is 10.5 Å². The van der Waals surface area contributed by atoms with Crippen LogP contribution in [0.25, 0.3) is 0 Å². The molecule has 8 nitrogen and oxygen atoms in total. The van der Waals surface area contributed by atoms with E-state index >= 15 is 0 Å². The average Bonchev–Trinajstić information content (AvgIpc) is 2.98. The highest BCUT2D eigenvalue weighted by molar-refractivity contribution is 6.01. The molecule has 1 atom stereocenters. The van der Waals surface area contributed by atoms with Gasteiger partial charge in [0, 0.05) is 6.54 Å². The fourth-order valence-corrected chi connectivity index (χ4v) is 2.40. The first-order valence-corrected chi connectivity index (χ1v) is 6.66. The van der Waals surface area contributed by atoms with Crippen LogP contribution in [0.5, 0.6) is 5.75 Å². The molecular weight excluding hydrogens is 292 g/mol. The molecule has 8 heteroatoms. The van der Waals surface area contributed by atoms with Crippen LogP contribution in [-0.4, -0.2) is 52.8 Å². The molecule has 0 spiro atoms. The monoisotopic (exact) mass is 308 g/mol. The number of hydrogen-bond acceptors (Lipinski definition) is 5. The number of carboxylic acid groups (broad SMARTS) is 1. The quantitative estimate of drug-likeness (QED) is 0.572. The summed E-state index contributed by atoms with van der Waals surface area (Å²) in [4.78, 5) is 35.8. The summed E-state index contributed by atoms with van der Waals surface area (Å²) in [5.41, 5.74) is -0.0491. The lowest BCUT2D eigenvalue weighted by Gasteiger charge is -2.21. The Morgan fingerprint density at radius 3 is 2.73 bits per heavy atom. The van der Waals surface area contributed by atoms with E-state index in [1.165, 1.54) is 25.3 Å². The summed E-state index contributed by atoms with van der Waals surface area (Å²) in [7, 11) is 1.18. The van der Waals surface area contributed by atoms with Crippen molar-refractivity contribution in [2.24, 2.45) is 0 Å². The van der Waals surface area contributed by atoms with Crippen molar-refractivity contribution in [3.8, 4) is 5.75 Å². The van der Waals surface area contributed by atoms with E-state index in [4.69, 9.17) is 5.11 Å². The van der Waals surface area contributed by atoms with Crippen molar-refractivity contribution in [1.29, 1.82) is 0 Å². The minimum Gasteiger partial charge on any atom is -0.505 e. The second kappa shape index (κ2) is 6.33. The van der Waals surface area contributed by atoms with Crippen LogP contribution in [0.1, 0.15) is 23.2 Å². The van der Waals surface area contributed by atoms with Gasteiger partial charge in [-0.15, -0.1) is 0 Å². The number of nitrogens with one attached hydrogen (secondary N) is 1. The number of benzene rings is 1. The highest BCUT2D eigenvalue weighted by Crippen LogP contribution is 2.29. The van der Waals surface area contributed by atoms with Gasteiger partial charge in [-0.25, -0.2) is 9.59 Å². The zero-order chi connectivity index (χ0) is 16.3. The van der Waals surface area contributed by atoms with Crippen molar-refractivity contribution in [3.05, 3.63) is 23.8 Å². The largest absolute Gasteiger partial charge is 0.505 e. The van der Waals surface area contributed by atoms with Crippen molar-refractivity contribution in [1.82, 2.24) is 4.90 Å². The normalized spacial score (nSPS) is 17.1. The summed E-state index contributed by atoms with van der Waals surface area (Å²) in [5.74, 6) is -1.69. The Labute approximate surface area is 126 Å². The second-order valence-corrected chi connectivity index (χ2v) is 4.82. The first kappa shape index (κ1) is 15.6. The number of anilines is 1. The number of phenols is 1.